The Labute approximate surface area is 241 Å². The molecule has 0 saturated carbocycles. The molecule has 1 heterocycles. The van der Waals surface area contributed by atoms with Crippen LogP contribution < -0.4 is 27.7 Å². The van der Waals surface area contributed by atoms with Gasteiger partial charge in [0.1, 0.15) is 6.54 Å². The van der Waals surface area contributed by atoms with Crippen LogP contribution in [0, 0.1) is 0 Å². The Morgan fingerprint density at radius 3 is 2.21 bits per heavy atom. The van der Waals surface area contributed by atoms with Crippen molar-refractivity contribution in [2.45, 2.75) is 32.2 Å². The maximum Gasteiger partial charge on any atom is 0.294 e. The molecule has 0 atom stereocenters. The summed E-state index contributed by atoms with van der Waals surface area (Å²) >= 11 is 0. The Hall–Kier alpha value is -3.27. The zero-order valence-corrected chi connectivity index (χ0v) is 23.5. The number of carbonyl (C=O) groups excluding carboxylic acids is 1. The van der Waals surface area contributed by atoms with Crippen LogP contribution in [0.2, 0.25) is 0 Å². The zero-order chi connectivity index (χ0) is 24.9. The van der Waals surface area contributed by atoms with Crippen LogP contribution in [0.25, 0.3) is 11.3 Å². The number of aliphatic imine (C=N–C) groups is 1. The third-order valence-electron chi connectivity index (χ3n) is 5.43. The Morgan fingerprint density at radius 1 is 0.895 bits per heavy atom. The molecule has 0 aliphatic carbocycles. The second-order valence-electron chi connectivity index (χ2n) is 8.13. The van der Waals surface area contributed by atoms with Crippen molar-refractivity contribution in [2.24, 2.45) is 16.5 Å². The van der Waals surface area contributed by atoms with Gasteiger partial charge in [-0.05, 0) is 36.8 Å². The van der Waals surface area contributed by atoms with Crippen molar-refractivity contribution >= 4 is 54.9 Å². The Balaban J connectivity index is 0.00000456. The van der Waals surface area contributed by atoms with E-state index in [0.717, 1.165) is 31.2 Å². The van der Waals surface area contributed by atoms with Crippen molar-refractivity contribution in [3.63, 3.8) is 0 Å². The molecular formula is C26H36Cl3N7O2. The largest absolute Gasteiger partial charge is 0.370 e. The number of aromatic nitrogens is 2. The van der Waals surface area contributed by atoms with Crippen LogP contribution in [0.4, 0.5) is 5.82 Å². The third kappa shape index (κ3) is 11.4. The van der Waals surface area contributed by atoms with Crippen LogP contribution in [0.15, 0.2) is 76.6 Å². The number of amides is 1. The summed E-state index contributed by atoms with van der Waals surface area (Å²) in [7, 11) is 0. The summed E-state index contributed by atoms with van der Waals surface area (Å²) in [5, 5.41) is 6.03. The summed E-state index contributed by atoms with van der Waals surface area (Å²) in [6, 6.07) is 19.5. The third-order valence-corrected chi connectivity index (χ3v) is 5.43. The molecule has 9 nitrogen and oxygen atoms in total. The van der Waals surface area contributed by atoms with Gasteiger partial charge in [0, 0.05) is 19.6 Å². The van der Waals surface area contributed by atoms with Gasteiger partial charge in [-0.2, -0.15) is 0 Å². The first-order chi connectivity index (χ1) is 17.0. The van der Waals surface area contributed by atoms with E-state index in [1.165, 1.54) is 10.1 Å². The molecule has 0 unspecified atom stereocenters. The quantitative estimate of drug-likeness (QED) is 0.138. The second kappa shape index (κ2) is 18.9. The number of nitrogens with zero attached hydrogens (tertiary/aromatic N) is 3. The Morgan fingerprint density at radius 2 is 1.55 bits per heavy atom. The standard InChI is InChI=1S/C26H33N7O2.3ClH/c27-26(28)31-16-9-3-8-15-29-23(34)19-33-22(21-12-6-2-7-13-21)18-32-24(25(33)35)30-17-14-20-10-4-1-5-11-20;;;/h1-2,4-7,10-13,18H,3,8-9,14-17,19H2,(H,29,34)(H,30,32)(H4,27,28,31);3*1H. The van der Waals surface area contributed by atoms with E-state index in [1.54, 1.807) is 6.20 Å². The number of unbranched alkanes of at least 4 members (excludes halogenated alkanes) is 2. The summed E-state index contributed by atoms with van der Waals surface area (Å²) in [4.78, 5) is 34.2. The van der Waals surface area contributed by atoms with Gasteiger partial charge < -0.3 is 22.1 Å². The van der Waals surface area contributed by atoms with Gasteiger partial charge in [0.05, 0.1) is 11.9 Å². The fourth-order valence-corrected chi connectivity index (χ4v) is 3.62. The SMILES string of the molecule is Cl.Cl.Cl.NC(N)=NCCCCCNC(=O)Cn1c(-c2ccccc2)cnc(NCCc2ccccc2)c1=O. The molecule has 0 saturated heterocycles. The minimum absolute atomic E-state index is 0. The number of guanidine groups is 1. The molecule has 0 bridgehead atoms. The highest BCUT2D eigenvalue weighted by atomic mass is 35.5. The maximum absolute atomic E-state index is 13.3. The minimum Gasteiger partial charge on any atom is -0.370 e. The molecule has 3 rings (SSSR count). The topological polar surface area (TPSA) is 140 Å². The summed E-state index contributed by atoms with van der Waals surface area (Å²) in [6.07, 6.45) is 4.92. The monoisotopic (exact) mass is 583 g/mol. The van der Waals surface area contributed by atoms with Crippen LogP contribution in [0.5, 0.6) is 0 Å². The summed E-state index contributed by atoms with van der Waals surface area (Å²) in [5.74, 6) is 0.0901. The molecule has 6 N–H and O–H groups in total. The minimum atomic E-state index is -0.327. The number of hydrogen-bond donors (Lipinski definition) is 4. The lowest BCUT2D eigenvalue weighted by molar-refractivity contribution is -0.121. The second-order valence-corrected chi connectivity index (χ2v) is 8.13. The van der Waals surface area contributed by atoms with Crippen LogP contribution in [0.3, 0.4) is 0 Å². The lowest BCUT2D eigenvalue weighted by Crippen LogP contribution is -2.35. The predicted molar refractivity (Wildman–Crippen MR) is 162 cm³/mol. The van der Waals surface area contributed by atoms with Crippen LogP contribution in [-0.4, -0.2) is 41.1 Å². The molecule has 12 heteroatoms. The van der Waals surface area contributed by atoms with Gasteiger partial charge in [-0.25, -0.2) is 4.98 Å². The van der Waals surface area contributed by atoms with E-state index in [2.05, 4.69) is 20.6 Å². The zero-order valence-electron chi connectivity index (χ0n) is 21.0. The van der Waals surface area contributed by atoms with Gasteiger partial charge in [-0.15, -0.1) is 37.2 Å². The molecule has 0 radical (unpaired) electrons. The number of hydrogen-bond acceptors (Lipinski definition) is 5. The number of rotatable bonds is 13. The number of halogens is 3. The number of nitrogens with one attached hydrogen (secondary N) is 2. The van der Waals surface area contributed by atoms with E-state index in [0.29, 0.717) is 25.3 Å². The van der Waals surface area contributed by atoms with Crippen LogP contribution in [-0.2, 0) is 17.8 Å². The van der Waals surface area contributed by atoms with E-state index >= 15 is 0 Å². The molecule has 2 aromatic carbocycles. The molecule has 1 aromatic heterocycles. The number of carbonyl (C=O) groups is 1. The summed E-state index contributed by atoms with van der Waals surface area (Å²) in [6.45, 7) is 1.56. The average molecular weight is 585 g/mol. The first-order valence-corrected chi connectivity index (χ1v) is 11.8. The van der Waals surface area contributed by atoms with Gasteiger partial charge in [0.15, 0.2) is 11.8 Å². The molecule has 38 heavy (non-hydrogen) atoms. The highest BCUT2D eigenvalue weighted by Crippen LogP contribution is 2.17. The van der Waals surface area contributed by atoms with E-state index < -0.39 is 0 Å². The molecule has 3 aromatic rings. The number of benzene rings is 2. The van der Waals surface area contributed by atoms with Crippen LogP contribution >= 0.6 is 37.2 Å². The van der Waals surface area contributed by atoms with Gasteiger partial charge >= 0.3 is 0 Å². The van der Waals surface area contributed by atoms with Gasteiger partial charge in [-0.1, -0.05) is 60.7 Å². The first-order valence-electron chi connectivity index (χ1n) is 11.8. The first kappa shape index (κ1) is 34.7. The predicted octanol–water partition coefficient (Wildman–Crippen LogP) is 3.39. The van der Waals surface area contributed by atoms with Crippen molar-refractivity contribution in [1.29, 1.82) is 0 Å². The smallest absolute Gasteiger partial charge is 0.294 e. The highest BCUT2D eigenvalue weighted by Gasteiger charge is 2.14. The van der Waals surface area contributed by atoms with Gasteiger partial charge in [0.2, 0.25) is 5.91 Å². The van der Waals surface area contributed by atoms with Crippen molar-refractivity contribution in [3.8, 4) is 11.3 Å². The number of anilines is 1. The highest BCUT2D eigenvalue weighted by molar-refractivity contribution is 5.86. The molecule has 0 aliphatic rings. The Bertz CT molecular complexity index is 1170. The molecule has 0 spiro atoms. The fraction of sp³-hybridized carbons (Fsp3) is 0.308. The lowest BCUT2D eigenvalue weighted by atomic mass is 10.1. The lowest BCUT2D eigenvalue weighted by Gasteiger charge is -2.15. The maximum atomic E-state index is 13.3. The summed E-state index contributed by atoms with van der Waals surface area (Å²) < 4.78 is 1.47. The van der Waals surface area contributed by atoms with Gasteiger partial charge in [-0.3, -0.25) is 19.1 Å². The van der Waals surface area contributed by atoms with Gasteiger partial charge in [0.25, 0.3) is 5.56 Å². The van der Waals surface area contributed by atoms with E-state index in [4.69, 9.17) is 11.5 Å². The van der Waals surface area contributed by atoms with Crippen molar-refractivity contribution in [3.05, 3.63) is 82.8 Å². The normalized spacial score (nSPS) is 9.68. The van der Waals surface area contributed by atoms with Crippen LogP contribution in [0.1, 0.15) is 24.8 Å². The molecule has 208 valence electrons. The van der Waals surface area contributed by atoms with E-state index in [1.807, 2.05) is 60.7 Å². The molecule has 0 aliphatic heterocycles. The number of nitrogens with two attached hydrogens (primary N) is 2. The van der Waals surface area contributed by atoms with Crippen molar-refractivity contribution in [1.82, 2.24) is 14.9 Å². The van der Waals surface area contributed by atoms with Crippen molar-refractivity contribution < 1.29 is 4.79 Å². The van der Waals surface area contributed by atoms with Crippen molar-refractivity contribution in [2.75, 3.05) is 25.0 Å². The van der Waals surface area contributed by atoms with E-state index in [-0.39, 0.29) is 67.0 Å². The van der Waals surface area contributed by atoms with E-state index in [9.17, 15) is 9.59 Å². The molecule has 0 fully saturated rings. The average Bonchev–Trinajstić information content (AvgIpc) is 2.86. The molecular weight excluding hydrogens is 549 g/mol. The summed E-state index contributed by atoms with van der Waals surface area (Å²) in [5.41, 5.74) is 12.9. The molecule has 1 amide bonds. The fourth-order valence-electron chi connectivity index (χ4n) is 3.62. The Kier molecular flexibility index (Phi) is 17.3.